The summed E-state index contributed by atoms with van der Waals surface area (Å²) >= 11 is 3.39. The first kappa shape index (κ1) is 10.3. The van der Waals surface area contributed by atoms with Crippen molar-refractivity contribution >= 4 is 15.9 Å². The molecule has 1 heterocycles. The van der Waals surface area contributed by atoms with Gasteiger partial charge in [0.25, 0.3) is 0 Å². The van der Waals surface area contributed by atoms with Crippen molar-refractivity contribution < 1.29 is 9.15 Å². The molecule has 0 N–H and O–H groups in total. The second-order valence-corrected chi connectivity index (χ2v) is 4.17. The summed E-state index contributed by atoms with van der Waals surface area (Å²) in [5.74, 6) is 2.58. The van der Waals surface area contributed by atoms with Gasteiger partial charge < -0.3 is 9.15 Å². The summed E-state index contributed by atoms with van der Waals surface area (Å²) < 4.78 is 12.0. The van der Waals surface area contributed by atoms with Crippen LogP contribution < -0.4 is 4.74 Å². The van der Waals surface area contributed by atoms with Crippen molar-refractivity contribution in [2.75, 3.05) is 0 Å². The topological polar surface area (TPSA) is 22.4 Å². The van der Waals surface area contributed by atoms with Crippen LogP contribution in [0, 0.1) is 6.92 Å². The van der Waals surface area contributed by atoms with Crippen LogP contribution in [0.2, 0.25) is 0 Å². The van der Waals surface area contributed by atoms with Gasteiger partial charge in [0, 0.05) is 4.47 Å². The van der Waals surface area contributed by atoms with Gasteiger partial charge in [-0.1, -0.05) is 22.0 Å². The maximum absolute atomic E-state index is 5.56. The Hall–Kier alpha value is -1.22. The van der Waals surface area contributed by atoms with Crippen molar-refractivity contribution in [2.24, 2.45) is 0 Å². The van der Waals surface area contributed by atoms with E-state index in [1.807, 2.05) is 43.3 Å². The fraction of sp³-hybridized carbons (Fsp3) is 0.167. The van der Waals surface area contributed by atoms with Crippen molar-refractivity contribution in [3.05, 3.63) is 52.4 Å². The van der Waals surface area contributed by atoms with Crippen LogP contribution in [0.25, 0.3) is 0 Å². The molecule has 1 aromatic heterocycles. The van der Waals surface area contributed by atoms with Gasteiger partial charge in [-0.15, -0.1) is 0 Å². The third kappa shape index (κ3) is 2.86. The lowest BCUT2D eigenvalue weighted by Crippen LogP contribution is -1.93. The smallest absolute Gasteiger partial charge is 0.146 e. The summed E-state index contributed by atoms with van der Waals surface area (Å²) in [5, 5.41) is 0. The van der Waals surface area contributed by atoms with Gasteiger partial charge in [0.05, 0.1) is 0 Å². The minimum atomic E-state index is 0.463. The molecule has 0 saturated carbocycles. The van der Waals surface area contributed by atoms with Gasteiger partial charge >= 0.3 is 0 Å². The Morgan fingerprint density at radius 1 is 1.27 bits per heavy atom. The SMILES string of the molecule is Cc1ccc(COc2cccc(Br)c2)o1. The molecule has 2 rings (SSSR count). The van der Waals surface area contributed by atoms with E-state index in [0.29, 0.717) is 6.61 Å². The lowest BCUT2D eigenvalue weighted by molar-refractivity contribution is 0.267. The van der Waals surface area contributed by atoms with Gasteiger partial charge in [-0.05, 0) is 37.3 Å². The highest BCUT2D eigenvalue weighted by molar-refractivity contribution is 9.10. The van der Waals surface area contributed by atoms with Gasteiger partial charge in [-0.2, -0.15) is 0 Å². The summed E-state index contributed by atoms with van der Waals surface area (Å²) in [6, 6.07) is 11.6. The first-order valence-electron chi connectivity index (χ1n) is 4.68. The fourth-order valence-corrected chi connectivity index (χ4v) is 1.65. The van der Waals surface area contributed by atoms with Gasteiger partial charge in [0.1, 0.15) is 23.9 Å². The number of halogens is 1. The lowest BCUT2D eigenvalue weighted by atomic mass is 10.3. The van der Waals surface area contributed by atoms with E-state index in [1.165, 1.54) is 0 Å². The van der Waals surface area contributed by atoms with Crippen LogP contribution in [0.15, 0.2) is 45.3 Å². The molecule has 0 spiro atoms. The third-order valence-electron chi connectivity index (χ3n) is 1.97. The van der Waals surface area contributed by atoms with Crippen molar-refractivity contribution in [1.29, 1.82) is 0 Å². The molecule has 78 valence electrons. The number of hydrogen-bond acceptors (Lipinski definition) is 2. The Labute approximate surface area is 97.0 Å². The van der Waals surface area contributed by atoms with Crippen LogP contribution in [0.1, 0.15) is 11.5 Å². The Balaban J connectivity index is 1.99. The summed E-state index contributed by atoms with van der Waals surface area (Å²) in [6.45, 7) is 2.38. The highest BCUT2D eigenvalue weighted by atomic mass is 79.9. The van der Waals surface area contributed by atoms with Crippen molar-refractivity contribution in [3.63, 3.8) is 0 Å². The minimum Gasteiger partial charge on any atom is -0.486 e. The zero-order chi connectivity index (χ0) is 10.7. The number of ether oxygens (including phenoxy) is 1. The predicted octanol–water partition coefficient (Wildman–Crippen LogP) is 3.93. The maximum atomic E-state index is 5.56. The first-order valence-corrected chi connectivity index (χ1v) is 5.47. The van der Waals surface area contributed by atoms with E-state index in [0.717, 1.165) is 21.7 Å². The molecule has 0 aliphatic heterocycles. The molecule has 0 radical (unpaired) electrons. The molecule has 0 atom stereocenters. The quantitative estimate of drug-likeness (QED) is 0.840. The van der Waals surface area contributed by atoms with E-state index >= 15 is 0 Å². The Bertz CT molecular complexity index is 448. The minimum absolute atomic E-state index is 0.463. The van der Waals surface area contributed by atoms with Crippen LogP contribution in [-0.2, 0) is 6.61 Å². The van der Waals surface area contributed by atoms with E-state index in [2.05, 4.69) is 15.9 Å². The first-order chi connectivity index (χ1) is 7.24. The monoisotopic (exact) mass is 266 g/mol. The molecular formula is C12H11BrO2. The molecule has 2 aromatic rings. The molecule has 0 aliphatic rings. The van der Waals surface area contributed by atoms with Crippen LogP contribution in [-0.4, -0.2) is 0 Å². The Kier molecular flexibility index (Phi) is 3.11. The van der Waals surface area contributed by atoms with E-state index < -0.39 is 0 Å². The highest BCUT2D eigenvalue weighted by Crippen LogP contribution is 2.19. The molecule has 0 amide bonds. The summed E-state index contributed by atoms with van der Waals surface area (Å²) in [6.07, 6.45) is 0. The number of furan rings is 1. The molecule has 0 saturated heterocycles. The predicted molar refractivity (Wildman–Crippen MR) is 61.9 cm³/mol. The lowest BCUT2D eigenvalue weighted by Gasteiger charge is -2.03. The number of aryl methyl sites for hydroxylation is 1. The van der Waals surface area contributed by atoms with E-state index in [9.17, 15) is 0 Å². The van der Waals surface area contributed by atoms with Crippen molar-refractivity contribution in [3.8, 4) is 5.75 Å². The summed E-state index contributed by atoms with van der Waals surface area (Å²) in [4.78, 5) is 0. The molecule has 0 aliphatic carbocycles. The molecule has 1 aromatic carbocycles. The Morgan fingerprint density at radius 3 is 2.80 bits per heavy atom. The standard InChI is InChI=1S/C12H11BrO2/c1-9-5-6-12(15-9)8-14-11-4-2-3-10(13)7-11/h2-7H,8H2,1H3. The van der Waals surface area contributed by atoms with Crippen LogP contribution in [0.4, 0.5) is 0 Å². The molecule has 0 unspecified atom stereocenters. The van der Waals surface area contributed by atoms with Gasteiger partial charge in [0.15, 0.2) is 0 Å². The summed E-state index contributed by atoms with van der Waals surface area (Å²) in [7, 11) is 0. The molecule has 15 heavy (non-hydrogen) atoms. The van der Waals surface area contributed by atoms with E-state index in [-0.39, 0.29) is 0 Å². The van der Waals surface area contributed by atoms with E-state index in [4.69, 9.17) is 9.15 Å². The maximum Gasteiger partial charge on any atom is 0.146 e. The van der Waals surface area contributed by atoms with E-state index in [1.54, 1.807) is 0 Å². The van der Waals surface area contributed by atoms with Crippen LogP contribution >= 0.6 is 15.9 Å². The average Bonchev–Trinajstić information content (AvgIpc) is 2.62. The number of rotatable bonds is 3. The number of benzene rings is 1. The van der Waals surface area contributed by atoms with Gasteiger partial charge in [0.2, 0.25) is 0 Å². The van der Waals surface area contributed by atoms with Crippen LogP contribution in [0.3, 0.4) is 0 Å². The Morgan fingerprint density at radius 2 is 2.13 bits per heavy atom. The summed E-state index contributed by atoms with van der Waals surface area (Å²) in [5.41, 5.74) is 0. The molecular weight excluding hydrogens is 256 g/mol. The fourth-order valence-electron chi connectivity index (χ4n) is 1.27. The third-order valence-corrected chi connectivity index (χ3v) is 2.47. The van der Waals surface area contributed by atoms with Crippen molar-refractivity contribution in [2.45, 2.75) is 13.5 Å². The normalized spacial score (nSPS) is 10.3. The van der Waals surface area contributed by atoms with Gasteiger partial charge in [-0.25, -0.2) is 0 Å². The molecule has 2 nitrogen and oxygen atoms in total. The second-order valence-electron chi connectivity index (χ2n) is 3.26. The second kappa shape index (κ2) is 4.53. The average molecular weight is 267 g/mol. The zero-order valence-corrected chi connectivity index (χ0v) is 9.95. The molecule has 3 heteroatoms. The number of hydrogen-bond donors (Lipinski definition) is 0. The molecule has 0 bridgehead atoms. The van der Waals surface area contributed by atoms with Crippen molar-refractivity contribution in [1.82, 2.24) is 0 Å². The zero-order valence-electron chi connectivity index (χ0n) is 8.37. The molecule has 0 fully saturated rings. The highest BCUT2D eigenvalue weighted by Gasteiger charge is 2.00. The largest absolute Gasteiger partial charge is 0.486 e. The van der Waals surface area contributed by atoms with Gasteiger partial charge in [-0.3, -0.25) is 0 Å². The van der Waals surface area contributed by atoms with Crippen LogP contribution in [0.5, 0.6) is 5.75 Å².